The van der Waals surface area contributed by atoms with Crippen LogP contribution in [0.2, 0.25) is 0 Å². The molecule has 1 atom stereocenters. The van der Waals surface area contributed by atoms with Crippen LogP contribution in [0.5, 0.6) is 0 Å². The van der Waals surface area contributed by atoms with Crippen molar-refractivity contribution in [3.05, 3.63) is 17.5 Å². The molecule has 2 aromatic rings. The fourth-order valence-electron chi connectivity index (χ4n) is 4.51. The van der Waals surface area contributed by atoms with Crippen LogP contribution in [-0.4, -0.2) is 44.8 Å². The number of anilines is 4. The minimum atomic E-state index is -4.49. The number of nitrogen functional groups attached to an aromatic ring is 1. The number of aromatic nitrogens is 4. The van der Waals surface area contributed by atoms with Gasteiger partial charge in [0, 0.05) is 25.7 Å². The predicted molar refractivity (Wildman–Crippen MR) is 114 cm³/mol. The number of carbonyl (C=O) groups excluding carboxylic acids is 1. The highest BCUT2D eigenvalue weighted by Gasteiger charge is 2.39. The van der Waals surface area contributed by atoms with Crippen LogP contribution in [0.15, 0.2) is 6.07 Å². The summed E-state index contributed by atoms with van der Waals surface area (Å²) in [6.45, 7) is 5.91. The number of nitrogens with one attached hydrogen (secondary N) is 2. The van der Waals surface area contributed by atoms with Crippen molar-refractivity contribution >= 4 is 29.2 Å². The third-order valence-electron chi connectivity index (χ3n) is 6.06. The molecule has 2 aromatic heterocycles. The summed E-state index contributed by atoms with van der Waals surface area (Å²) in [6, 6.07) is 0.573. The second kappa shape index (κ2) is 7.82. The number of halogens is 3. The lowest BCUT2D eigenvalue weighted by Crippen LogP contribution is -2.50. The normalized spacial score (nSPS) is 23.1. The monoisotopic (exact) mass is 452 g/mol. The number of alkyl halides is 3. The van der Waals surface area contributed by atoms with Gasteiger partial charge in [-0.25, -0.2) is 4.98 Å². The smallest absolute Gasteiger partial charge is 0.382 e. The van der Waals surface area contributed by atoms with Gasteiger partial charge in [-0.05, 0) is 31.6 Å². The molecule has 1 amide bonds. The number of aryl methyl sites for hydroxylation is 1. The van der Waals surface area contributed by atoms with E-state index in [1.807, 2.05) is 25.8 Å². The molecule has 3 heterocycles. The molecule has 32 heavy (non-hydrogen) atoms. The van der Waals surface area contributed by atoms with Gasteiger partial charge >= 0.3 is 6.18 Å². The molecule has 2 aliphatic rings. The lowest BCUT2D eigenvalue weighted by molar-refractivity contribution is -0.144. The highest BCUT2D eigenvalue weighted by atomic mass is 19.4. The van der Waals surface area contributed by atoms with Crippen LogP contribution >= 0.6 is 0 Å². The Bertz CT molecular complexity index is 1030. The van der Waals surface area contributed by atoms with Crippen molar-refractivity contribution in [2.24, 2.45) is 11.8 Å². The minimum absolute atomic E-state index is 0.0407. The van der Waals surface area contributed by atoms with Crippen LogP contribution in [0.1, 0.15) is 38.1 Å². The number of carbonyl (C=O) groups is 1. The molecule has 1 unspecified atom stereocenters. The predicted octanol–water partition coefficient (Wildman–Crippen LogP) is 2.89. The van der Waals surface area contributed by atoms with E-state index in [4.69, 9.17) is 5.73 Å². The first-order chi connectivity index (χ1) is 14.9. The maximum atomic E-state index is 13.1. The number of rotatable bonds is 5. The summed E-state index contributed by atoms with van der Waals surface area (Å²) < 4.78 is 40.3. The molecular weight excluding hydrogens is 425 g/mol. The van der Waals surface area contributed by atoms with Crippen molar-refractivity contribution in [3.63, 3.8) is 0 Å². The lowest BCUT2D eigenvalue weighted by atomic mass is 9.80. The van der Waals surface area contributed by atoms with Gasteiger partial charge in [0.05, 0.1) is 5.69 Å². The number of amides is 1. The van der Waals surface area contributed by atoms with Gasteiger partial charge in [-0.1, -0.05) is 13.8 Å². The summed E-state index contributed by atoms with van der Waals surface area (Å²) in [7, 11) is 1.84. The Hall–Kier alpha value is -3.05. The van der Waals surface area contributed by atoms with Crippen LogP contribution in [0, 0.1) is 18.8 Å². The Balaban J connectivity index is 1.42. The zero-order chi connectivity index (χ0) is 23.4. The van der Waals surface area contributed by atoms with Gasteiger partial charge in [0.2, 0.25) is 11.9 Å². The SMILES string of the molecule is Cc1nc(NC2CC(Cn3nc(N)cc3C(F)(F)F)C2)nc2c1NC(=O)C(C(C)C)N2C. The first-order valence-corrected chi connectivity index (χ1v) is 10.5. The number of hydrogen-bond donors (Lipinski definition) is 3. The van der Waals surface area contributed by atoms with E-state index in [1.54, 1.807) is 6.92 Å². The molecule has 1 aliphatic heterocycles. The van der Waals surface area contributed by atoms with E-state index in [2.05, 4.69) is 25.7 Å². The Morgan fingerprint density at radius 2 is 2.00 bits per heavy atom. The summed E-state index contributed by atoms with van der Waals surface area (Å²) in [5.74, 6) is 1.01. The zero-order valence-corrected chi connectivity index (χ0v) is 18.4. The van der Waals surface area contributed by atoms with Gasteiger partial charge in [-0.2, -0.15) is 23.3 Å². The van der Waals surface area contributed by atoms with E-state index < -0.39 is 11.9 Å². The third kappa shape index (κ3) is 4.05. The maximum Gasteiger partial charge on any atom is 0.433 e. The Kier molecular flexibility index (Phi) is 5.41. The average Bonchev–Trinajstić information content (AvgIpc) is 3.01. The molecule has 4 N–H and O–H groups in total. The van der Waals surface area contributed by atoms with E-state index in [9.17, 15) is 18.0 Å². The summed E-state index contributed by atoms with van der Waals surface area (Å²) in [4.78, 5) is 23.4. The summed E-state index contributed by atoms with van der Waals surface area (Å²) in [5, 5.41) is 9.97. The molecular formula is C20H27F3N8O. The Labute approximate surface area is 183 Å². The summed E-state index contributed by atoms with van der Waals surface area (Å²) in [6.07, 6.45) is -3.16. The van der Waals surface area contributed by atoms with Crippen molar-refractivity contribution in [2.45, 2.75) is 58.4 Å². The molecule has 174 valence electrons. The molecule has 0 spiro atoms. The van der Waals surface area contributed by atoms with Gasteiger partial charge in [-0.15, -0.1) is 0 Å². The molecule has 1 saturated carbocycles. The molecule has 0 aromatic carbocycles. The first-order valence-electron chi connectivity index (χ1n) is 10.5. The van der Waals surface area contributed by atoms with Crippen molar-refractivity contribution in [1.29, 1.82) is 0 Å². The topological polar surface area (TPSA) is 114 Å². The van der Waals surface area contributed by atoms with Crippen molar-refractivity contribution < 1.29 is 18.0 Å². The molecule has 1 fully saturated rings. The fraction of sp³-hybridized carbons (Fsp3) is 0.600. The average molecular weight is 452 g/mol. The van der Waals surface area contributed by atoms with Gasteiger partial charge in [-0.3, -0.25) is 9.48 Å². The Morgan fingerprint density at radius 1 is 1.31 bits per heavy atom. The zero-order valence-electron chi connectivity index (χ0n) is 18.4. The third-order valence-corrected chi connectivity index (χ3v) is 6.06. The van der Waals surface area contributed by atoms with Crippen molar-refractivity contribution in [2.75, 3.05) is 28.3 Å². The van der Waals surface area contributed by atoms with Crippen LogP contribution < -0.4 is 21.3 Å². The van der Waals surface area contributed by atoms with Crippen molar-refractivity contribution in [3.8, 4) is 0 Å². The molecule has 1 aliphatic carbocycles. The van der Waals surface area contributed by atoms with Crippen LogP contribution in [0.4, 0.5) is 36.4 Å². The molecule has 12 heteroatoms. The minimum Gasteiger partial charge on any atom is -0.382 e. The van der Waals surface area contributed by atoms with Gasteiger partial charge in [0.25, 0.3) is 0 Å². The standard InChI is InChI=1S/C20H27F3N8O/c1-9(2)16-18(32)27-15-10(3)25-19(28-17(15)30(16)4)26-12-5-11(6-12)8-31-13(20(21,22)23)7-14(24)29-31/h7,9,11-12,16H,5-6,8H2,1-4H3,(H2,24,29)(H,27,32)(H,25,26,28). The van der Waals surface area contributed by atoms with Crippen LogP contribution in [0.3, 0.4) is 0 Å². The molecule has 4 rings (SSSR count). The highest BCUT2D eigenvalue weighted by Crippen LogP contribution is 2.37. The quantitative estimate of drug-likeness (QED) is 0.639. The van der Waals surface area contributed by atoms with E-state index >= 15 is 0 Å². The van der Waals surface area contributed by atoms with Crippen LogP contribution in [0.25, 0.3) is 0 Å². The van der Waals surface area contributed by atoms with E-state index in [-0.39, 0.29) is 42.2 Å². The number of likely N-dealkylation sites (N-methyl/N-ethyl adjacent to an activating group) is 1. The first kappa shape index (κ1) is 22.2. The second-order valence-corrected chi connectivity index (χ2v) is 8.93. The molecule has 0 saturated heterocycles. The summed E-state index contributed by atoms with van der Waals surface area (Å²) in [5.41, 5.74) is 5.89. The van der Waals surface area contributed by atoms with E-state index in [0.29, 0.717) is 36.0 Å². The fourth-order valence-corrected chi connectivity index (χ4v) is 4.51. The number of nitrogens with zero attached hydrogens (tertiary/aromatic N) is 5. The Morgan fingerprint density at radius 3 is 2.62 bits per heavy atom. The highest BCUT2D eigenvalue weighted by molar-refractivity contribution is 6.03. The van der Waals surface area contributed by atoms with Gasteiger partial charge in [0.1, 0.15) is 23.2 Å². The summed E-state index contributed by atoms with van der Waals surface area (Å²) >= 11 is 0. The van der Waals surface area contributed by atoms with Crippen LogP contribution in [-0.2, 0) is 17.5 Å². The number of hydrogen-bond acceptors (Lipinski definition) is 7. The number of nitrogens with two attached hydrogens (primary N) is 1. The van der Waals surface area contributed by atoms with Gasteiger partial charge in [0.15, 0.2) is 5.82 Å². The molecule has 0 bridgehead atoms. The maximum absolute atomic E-state index is 13.1. The van der Waals surface area contributed by atoms with E-state index in [0.717, 1.165) is 10.7 Å². The van der Waals surface area contributed by atoms with E-state index in [1.165, 1.54) is 0 Å². The molecule has 0 radical (unpaired) electrons. The second-order valence-electron chi connectivity index (χ2n) is 8.93. The lowest BCUT2D eigenvalue weighted by Gasteiger charge is -2.38. The molecule has 9 nitrogen and oxygen atoms in total. The number of fused-ring (bicyclic) bond motifs is 1. The largest absolute Gasteiger partial charge is 0.433 e. The van der Waals surface area contributed by atoms with Gasteiger partial charge < -0.3 is 21.3 Å². The van der Waals surface area contributed by atoms with Crippen molar-refractivity contribution in [1.82, 2.24) is 19.7 Å².